The molecule has 78 valence electrons. The van der Waals surface area contributed by atoms with Crippen LogP contribution in [-0.4, -0.2) is 16.1 Å². The van der Waals surface area contributed by atoms with E-state index in [1.165, 1.54) is 0 Å². The van der Waals surface area contributed by atoms with Gasteiger partial charge >= 0.3 is 0 Å². The third-order valence-electron chi connectivity index (χ3n) is 2.12. The van der Waals surface area contributed by atoms with Crippen LogP contribution in [0, 0.1) is 0 Å². The van der Waals surface area contributed by atoms with Crippen molar-refractivity contribution in [3.63, 3.8) is 0 Å². The van der Waals surface area contributed by atoms with Crippen LogP contribution in [0.3, 0.4) is 0 Å². The van der Waals surface area contributed by atoms with Crippen molar-refractivity contribution in [1.82, 2.24) is 9.78 Å². The van der Waals surface area contributed by atoms with Crippen LogP contribution in [0.2, 0.25) is 0 Å². The number of carbonyl (C=O) groups excluding carboxylic acids is 1. The summed E-state index contributed by atoms with van der Waals surface area (Å²) in [4.78, 5) is 11.9. The Labute approximate surface area is 92.4 Å². The van der Waals surface area contributed by atoms with E-state index in [4.69, 9.17) is 0 Å². The van der Waals surface area contributed by atoms with E-state index in [1.807, 2.05) is 28.4 Å². The van der Waals surface area contributed by atoms with E-state index >= 15 is 0 Å². The molecule has 0 aliphatic carbocycles. The van der Waals surface area contributed by atoms with Crippen LogP contribution in [0.1, 0.15) is 23.7 Å². The molecule has 0 atom stereocenters. The maximum Gasteiger partial charge on any atom is 0.153 e. The molecule has 4 heteroatoms. The lowest BCUT2D eigenvalue weighted by Crippen LogP contribution is -1.96. The largest absolute Gasteiger partial charge is 0.298 e. The lowest BCUT2D eigenvalue weighted by molar-refractivity contribution is 0.112. The molecule has 0 aliphatic rings. The summed E-state index contributed by atoms with van der Waals surface area (Å²) < 4.78 is 1.83. The Bertz CT molecular complexity index is 445. The minimum absolute atomic E-state index is 0.672. The first kappa shape index (κ1) is 10.1. The number of aromatic nitrogens is 2. The summed E-state index contributed by atoms with van der Waals surface area (Å²) >= 11 is 1.60. The Morgan fingerprint density at radius 1 is 1.60 bits per heavy atom. The fourth-order valence-corrected chi connectivity index (χ4v) is 2.20. The zero-order valence-electron chi connectivity index (χ0n) is 8.51. The Balaban J connectivity index is 2.41. The number of carbonyl (C=O) groups is 1. The number of rotatable bonds is 4. The van der Waals surface area contributed by atoms with Gasteiger partial charge in [0.15, 0.2) is 6.29 Å². The minimum Gasteiger partial charge on any atom is -0.298 e. The van der Waals surface area contributed by atoms with Gasteiger partial charge < -0.3 is 0 Å². The van der Waals surface area contributed by atoms with Crippen molar-refractivity contribution in [2.24, 2.45) is 0 Å². The van der Waals surface area contributed by atoms with Gasteiger partial charge in [-0.3, -0.25) is 9.48 Å². The number of nitrogens with zero attached hydrogens (tertiary/aromatic N) is 2. The highest BCUT2D eigenvalue weighted by molar-refractivity contribution is 7.13. The van der Waals surface area contributed by atoms with Crippen molar-refractivity contribution < 1.29 is 4.79 Å². The third-order valence-corrected chi connectivity index (χ3v) is 3.00. The van der Waals surface area contributed by atoms with Crippen LogP contribution in [0.15, 0.2) is 23.7 Å². The van der Waals surface area contributed by atoms with Gasteiger partial charge in [-0.25, -0.2) is 0 Å². The fraction of sp³-hybridized carbons (Fsp3) is 0.273. The van der Waals surface area contributed by atoms with E-state index in [1.54, 1.807) is 11.3 Å². The number of aldehydes is 1. The molecule has 0 fully saturated rings. The maximum atomic E-state index is 10.9. The molecule has 0 saturated carbocycles. The Kier molecular flexibility index (Phi) is 2.97. The van der Waals surface area contributed by atoms with Crippen LogP contribution >= 0.6 is 11.3 Å². The van der Waals surface area contributed by atoms with Crippen LogP contribution in [0.25, 0.3) is 10.6 Å². The van der Waals surface area contributed by atoms with Crippen molar-refractivity contribution in [2.75, 3.05) is 0 Å². The molecule has 0 spiro atoms. The molecular weight excluding hydrogens is 208 g/mol. The summed E-state index contributed by atoms with van der Waals surface area (Å²) in [6, 6.07) is 3.95. The summed E-state index contributed by atoms with van der Waals surface area (Å²) in [5.74, 6) is 0. The van der Waals surface area contributed by atoms with Gasteiger partial charge in [0.25, 0.3) is 0 Å². The third kappa shape index (κ3) is 1.99. The van der Waals surface area contributed by atoms with Crippen molar-refractivity contribution >= 4 is 17.6 Å². The first-order chi connectivity index (χ1) is 7.35. The normalized spacial score (nSPS) is 10.5. The van der Waals surface area contributed by atoms with E-state index in [9.17, 15) is 4.79 Å². The van der Waals surface area contributed by atoms with Crippen molar-refractivity contribution in [2.45, 2.75) is 19.9 Å². The van der Waals surface area contributed by atoms with Gasteiger partial charge in [-0.2, -0.15) is 5.10 Å². The number of aryl methyl sites for hydroxylation is 1. The van der Waals surface area contributed by atoms with Crippen LogP contribution in [0.5, 0.6) is 0 Å². The monoisotopic (exact) mass is 220 g/mol. The quantitative estimate of drug-likeness (QED) is 0.743. The molecule has 0 aliphatic heterocycles. The van der Waals surface area contributed by atoms with Gasteiger partial charge in [0.1, 0.15) is 5.69 Å². The predicted octanol–water partition coefficient (Wildman–Crippen LogP) is 2.83. The molecule has 0 N–H and O–H groups in total. The Morgan fingerprint density at radius 3 is 3.07 bits per heavy atom. The molecule has 2 aromatic heterocycles. The van der Waals surface area contributed by atoms with Gasteiger partial charge in [0, 0.05) is 12.7 Å². The van der Waals surface area contributed by atoms with E-state index < -0.39 is 0 Å². The second-order valence-corrected chi connectivity index (χ2v) is 4.24. The molecule has 0 radical (unpaired) electrons. The number of hydrogen-bond acceptors (Lipinski definition) is 3. The van der Waals surface area contributed by atoms with Crippen LogP contribution in [0.4, 0.5) is 0 Å². The molecule has 0 amide bonds. The lowest BCUT2D eigenvalue weighted by Gasteiger charge is -1.95. The fourth-order valence-electron chi connectivity index (χ4n) is 1.47. The topological polar surface area (TPSA) is 34.9 Å². The molecular formula is C11H12N2OS. The number of thiophene rings is 1. The van der Waals surface area contributed by atoms with Gasteiger partial charge in [0.2, 0.25) is 0 Å². The number of hydrogen-bond donors (Lipinski definition) is 0. The zero-order valence-corrected chi connectivity index (χ0v) is 9.33. The van der Waals surface area contributed by atoms with Crippen molar-refractivity contribution in [3.8, 4) is 10.6 Å². The average Bonchev–Trinajstić information content (AvgIpc) is 2.84. The smallest absolute Gasteiger partial charge is 0.153 e. The van der Waals surface area contributed by atoms with E-state index in [2.05, 4.69) is 12.0 Å². The minimum atomic E-state index is 0.672. The summed E-state index contributed by atoms with van der Waals surface area (Å²) in [6.07, 6.45) is 3.70. The van der Waals surface area contributed by atoms with Gasteiger partial charge in [-0.05, 0) is 17.9 Å². The highest BCUT2D eigenvalue weighted by Gasteiger charge is 2.10. The van der Waals surface area contributed by atoms with Crippen molar-refractivity contribution in [1.29, 1.82) is 0 Å². The first-order valence-corrected chi connectivity index (χ1v) is 5.79. The molecule has 2 aromatic rings. The first-order valence-electron chi connectivity index (χ1n) is 4.91. The summed E-state index contributed by atoms with van der Waals surface area (Å²) in [6.45, 7) is 2.94. The highest BCUT2D eigenvalue weighted by Crippen LogP contribution is 2.25. The molecule has 0 unspecified atom stereocenters. The second kappa shape index (κ2) is 4.40. The van der Waals surface area contributed by atoms with E-state index in [0.29, 0.717) is 5.56 Å². The molecule has 2 heterocycles. The Morgan fingerprint density at radius 2 is 2.47 bits per heavy atom. The predicted molar refractivity (Wildman–Crippen MR) is 61.2 cm³/mol. The van der Waals surface area contributed by atoms with E-state index in [0.717, 1.165) is 29.8 Å². The zero-order chi connectivity index (χ0) is 10.7. The SMILES string of the molecule is CCCn1cc(C=O)c(-c2cccs2)n1. The van der Waals surface area contributed by atoms with Gasteiger partial charge in [-0.1, -0.05) is 13.0 Å². The molecule has 0 saturated heterocycles. The second-order valence-electron chi connectivity index (χ2n) is 3.29. The summed E-state index contributed by atoms with van der Waals surface area (Å²) in [7, 11) is 0. The molecule has 0 aromatic carbocycles. The van der Waals surface area contributed by atoms with Crippen LogP contribution < -0.4 is 0 Å². The van der Waals surface area contributed by atoms with Gasteiger partial charge in [-0.15, -0.1) is 11.3 Å². The Hall–Kier alpha value is -1.42. The van der Waals surface area contributed by atoms with E-state index in [-0.39, 0.29) is 0 Å². The molecule has 0 bridgehead atoms. The van der Waals surface area contributed by atoms with Crippen LogP contribution in [-0.2, 0) is 6.54 Å². The molecule has 15 heavy (non-hydrogen) atoms. The summed E-state index contributed by atoms with van der Waals surface area (Å²) in [5.41, 5.74) is 1.47. The summed E-state index contributed by atoms with van der Waals surface area (Å²) in [5, 5.41) is 6.40. The lowest BCUT2D eigenvalue weighted by atomic mass is 10.2. The average molecular weight is 220 g/mol. The molecule has 2 rings (SSSR count). The molecule has 3 nitrogen and oxygen atoms in total. The highest BCUT2D eigenvalue weighted by atomic mass is 32.1. The van der Waals surface area contributed by atoms with Crippen molar-refractivity contribution in [3.05, 3.63) is 29.3 Å². The maximum absolute atomic E-state index is 10.9. The van der Waals surface area contributed by atoms with Gasteiger partial charge in [0.05, 0.1) is 10.4 Å². The standard InChI is InChI=1S/C11H12N2OS/c1-2-5-13-7-9(8-14)11(12-13)10-4-3-6-15-10/h3-4,6-8H,2,5H2,1H3.